The van der Waals surface area contributed by atoms with Crippen molar-refractivity contribution in [3.8, 4) is 0 Å². The molecule has 3 rings (SSSR count). The summed E-state index contributed by atoms with van der Waals surface area (Å²) in [5, 5.41) is 0. The molecule has 0 heterocycles. The zero-order valence-corrected chi connectivity index (χ0v) is 18.8. The third kappa shape index (κ3) is 4.60. The first-order valence-corrected chi connectivity index (χ1v) is 12.0. The van der Waals surface area contributed by atoms with Crippen molar-refractivity contribution >= 4 is 30.5 Å². The van der Waals surface area contributed by atoms with Crippen LogP contribution < -0.4 is 34.7 Å². The normalized spacial score (nSPS) is 10.0. The minimum atomic E-state index is -2.06. The first kappa shape index (κ1) is 18.5. The first-order valence-electron chi connectivity index (χ1n) is 7.71. The maximum absolute atomic E-state index is 2.34. The molecule has 0 atom stereocenters. The molecule has 0 unspecified atom stereocenters. The van der Waals surface area contributed by atoms with Crippen LogP contribution in [-0.4, -0.2) is 19.8 Å². The third-order valence-electron chi connectivity index (χ3n) is 4.02. The largest absolute Gasteiger partial charge is 1.00 e. The van der Waals surface area contributed by atoms with Crippen molar-refractivity contribution in [1.29, 1.82) is 0 Å². The van der Waals surface area contributed by atoms with E-state index in [4.69, 9.17) is 0 Å². The van der Waals surface area contributed by atoms with E-state index >= 15 is 0 Å². The van der Waals surface area contributed by atoms with Crippen LogP contribution in [0.15, 0.2) is 72.8 Å². The number of hydrogen-bond donors (Lipinski definition) is 0. The summed E-state index contributed by atoms with van der Waals surface area (Å²) in [7, 11) is 0. The van der Waals surface area contributed by atoms with Crippen molar-refractivity contribution in [3.05, 3.63) is 89.5 Å². The maximum Gasteiger partial charge on any atom is -1.00 e. The van der Waals surface area contributed by atoms with E-state index in [0.29, 0.717) is 0 Å². The predicted octanol–water partition coefficient (Wildman–Crippen LogP) is 0.132. The molecular formula is C21H21ISn. The summed E-state index contributed by atoms with van der Waals surface area (Å²) in [5.41, 5.74) is 4.00. The Labute approximate surface area is 163 Å². The van der Waals surface area contributed by atoms with Crippen molar-refractivity contribution in [2.75, 3.05) is 0 Å². The summed E-state index contributed by atoms with van der Waals surface area (Å²) in [6.45, 7) is 6.47. The summed E-state index contributed by atoms with van der Waals surface area (Å²) >= 11 is -2.06. The Bertz CT molecular complexity index is 635. The molecule has 0 aromatic heterocycles. The van der Waals surface area contributed by atoms with Gasteiger partial charge in [0.1, 0.15) is 0 Å². The number of halogens is 1. The molecule has 0 saturated carbocycles. The molecule has 0 spiro atoms. The van der Waals surface area contributed by atoms with Gasteiger partial charge in [-0.25, -0.2) is 0 Å². The van der Waals surface area contributed by atoms with E-state index in [1.54, 1.807) is 10.7 Å². The van der Waals surface area contributed by atoms with E-state index in [2.05, 4.69) is 93.6 Å². The van der Waals surface area contributed by atoms with Gasteiger partial charge in [0.2, 0.25) is 0 Å². The monoisotopic (exact) mass is 520 g/mol. The van der Waals surface area contributed by atoms with Gasteiger partial charge < -0.3 is 24.0 Å². The van der Waals surface area contributed by atoms with E-state index in [0.717, 1.165) is 0 Å². The van der Waals surface area contributed by atoms with E-state index in [9.17, 15) is 0 Å². The molecule has 2 heteroatoms. The standard InChI is InChI=1S/3C7H7.HI.Sn/c3*1-7-5-3-2-4-6-7;;/h3*3-6H,1H3;1H;/q;;;;+1/p-1. The number of rotatable bonds is 3. The third-order valence-corrected chi connectivity index (χ3v) is 11.8. The molecular weight excluding hydrogens is 498 g/mol. The SMILES string of the molecule is Cc1cc[c]([Sn+]([c]2ccc(C)cc2)[c]2ccc(C)cc2)cc1.[I-]. The van der Waals surface area contributed by atoms with Gasteiger partial charge in [0.15, 0.2) is 0 Å². The number of hydrogen-bond acceptors (Lipinski definition) is 0. The van der Waals surface area contributed by atoms with Gasteiger partial charge in [-0.1, -0.05) is 0 Å². The van der Waals surface area contributed by atoms with Crippen LogP contribution in [0.3, 0.4) is 0 Å². The number of benzene rings is 3. The van der Waals surface area contributed by atoms with Gasteiger partial charge in [0, 0.05) is 0 Å². The van der Waals surface area contributed by atoms with Crippen molar-refractivity contribution in [3.63, 3.8) is 0 Å². The second-order valence-corrected chi connectivity index (χ2v) is 13.1. The van der Waals surface area contributed by atoms with Crippen LogP contribution in [0.2, 0.25) is 0 Å². The Hall–Kier alpha value is -0.811. The summed E-state index contributed by atoms with van der Waals surface area (Å²) in [6.07, 6.45) is 0. The summed E-state index contributed by atoms with van der Waals surface area (Å²) in [4.78, 5) is 0. The van der Waals surface area contributed by atoms with Gasteiger partial charge in [-0.3, -0.25) is 0 Å². The summed E-state index contributed by atoms with van der Waals surface area (Å²) in [5.74, 6) is 0. The van der Waals surface area contributed by atoms with E-state index < -0.39 is 19.8 Å². The van der Waals surface area contributed by atoms with Crippen LogP contribution in [0.5, 0.6) is 0 Å². The second-order valence-electron chi connectivity index (χ2n) is 5.97. The Morgan fingerprint density at radius 2 is 0.652 bits per heavy atom. The average molecular weight is 519 g/mol. The second kappa shape index (κ2) is 8.34. The molecule has 23 heavy (non-hydrogen) atoms. The molecule has 0 aliphatic heterocycles. The zero-order valence-electron chi connectivity index (χ0n) is 13.8. The molecule has 0 aliphatic rings. The Kier molecular flexibility index (Phi) is 6.71. The van der Waals surface area contributed by atoms with Crippen LogP contribution in [0.25, 0.3) is 0 Å². The van der Waals surface area contributed by atoms with Crippen LogP contribution >= 0.6 is 0 Å². The molecule has 0 bridgehead atoms. The average Bonchev–Trinajstić information content (AvgIpc) is 2.53. The Morgan fingerprint density at radius 1 is 0.435 bits per heavy atom. The van der Waals surface area contributed by atoms with E-state index in [-0.39, 0.29) is 24.0 Å². The Balaban J connectivity index is 0.00000192. The molecule has 0 amide bonds. The minimum Gasteiger partial charge on any atom is -1.00 e. The van der Waals surface area contributed by atoms with E-state index in [1.165, 1.54) is 16.7 Å². The van der Waals surface area contributed by atoms with Gasteiger partial charge in [-0.15, -0.1) is 0 Å². The summed E-state index contributed by atoms with van der Waals surface area (Å²) < 4.78 is 4.63. The topological polar surface area (TPSA) is 0 Å². The number of aryl methyl sites for hydroxylation is 3. The van der Waals surface area contributed by atoms with Crippen molar-refractivity contribution in [1.82, 2.24) is 0 Å². The molecule has 0 N–H and O–H groups in total. The molecule has 0 nitrogen and oxygen atoms in total. The molecule has 3 aromatic carbocycles. The Morgan fingerprint density at radius 3 is 0.870 bits per heavy atom. The smallest absolute Gasteiger partial charge is 1.00 e. The fraction of sp³-hybridized carbons (Fsp3) is 0.143. The fourth-order valence-electron chi connectivity index (χ4n) is 2.66. The quantitative estimate of drug-likeness (QED) is 0.342. The zero-order chi connectivity index (χ0) is 15.5. The van der Waals surface area contributed by atoms with Gasteiger partial charge in [0.05, 0.1) is 0 Å². The van der Waals surface area contributed by atoms with Crippen LogP contribution in [0.4, 0.5) is 0 Å². The molecule has 116 valence electrons. The van der Waals surface area contributed by atoms with Crippen LogP contribution in [-0.2, 0) is 0 Å². The minimum absolute atomic E-state index is 0. The van der Waals surface area contributed by atoms with Gasteiger partial charge in [-0.2, -0.15) is 0 Å². The van der Waals surface area contributed by atoms with Crippen molar-refractivity contribution < 1.29 is 24.0 Å². The van der Waals surface area contributed by atoms with Crippen LogP contribution in [0.1, 0.15) is 16.7 Å². The first-order chi connectivity index (χ1) is 10.6. The van der Waals surface area contributed by atoms with Gasteiger partial charge in [0.25, 0.3) is 0 Å². The molecule has 0 aliphatic carbocycles. The van der Waals surface area contributed by atoms with Crippen molar-refractivity contribution in [2.45, 2.75) is 20.8 Å². The fourth-order valence-corrected chi connectivity index (χ4v) is 9.80. The predicted molar refractivity (Wildman–Crippen MR) is 98.2 cm³/mol. The summed E-state index contributed by atoms with van der Waals surface area (Å²) in [6, 6.07) is 27.5. The van der Waals surface area contributed by atoms with Crippen LogP contribution in [0, 0.1) is 20.8 Å². The van der Waals surface area contributed by atoms with Crippen molar-refractivity contribution in [2.24, 2.45) is 0 Å². The van der Waals surface area contributed by atoms with Gasteiger partial charge >= 0.3 is 141 Å². The molecule has 3 aromatic rings. The molecule has 0 saturated heterocycles. The molecule has 0 radical (unpaired) electrons. The van der Waals surface area contributed by atoms with E-state index in [1.807, 2.05) is 0 Å². The van der Waals surface area contributed by atoms with Gasteiger partial charge in [-0.05, 0) is 0 Å². The maximum atomic E-state index is 2.34. The molecule has 0 fully saturated rings.